The van der Waals surface area contributed by atoms with Crippen LogP contribution in [0.2, 0.25) is 0 Å². The first-order valence-electron chi connectivity index (χ1n) is 12.7. The minimum atomic E-state index is 0.168. The van der Waals surface area contributed by atoms with Crippen LogP contribution < -0.4 is 9.47 Å². The maximum atomic E-state index is 12.6. The average molecular weight is 493 g/mol. The smallest absolute Gasteiger partial charge is 0.182 e. The number of carbonyl (C=O) groups is 1. The molecule has 2 heterocycles. The summed E-state index contributed by atoms with van der Waals surface area (Å²) in [4.78, 5) is 19.7. The van der Waals surface area contributed by atoms with Crippen LogP contribution in [0.5, 0.6) is 11.5 Å². The Hall–Kier alpha value is -2.70. The molecule has 0 radical (unpaired) electrons. The van der Waals surface area contributed by atoms with E-state index in [0.29, 0.717) is 18.7 Å². The lowest BCUT2D eigenvalue weighted by Gasteiger charge is -2.22. The van der Waals surface area contributed by atoms with Crippen molar-refractivity contribution >= 4 is 17.1 Å². The molecule has 2 aromatic carbocycles. The highest BCUT2D eigenvalue weighted by molar-refractivity contribution is 7.09. The number of ketones is 1. The van der Waals surface area contributed by atoms with Crippen molar-refractivity contribution in [1.82, 2.24) is 9.88 Å². The van der Waals surface area contributed by atoms with Crippen molar-refractivity contribution in [2.75, 3.05) is 13.7 Å². The van der Waals surface area contributed by atoms with Crippen molar-refractivity contribution in [3.8, 4) is 11.5 Å². The number of hydrogen-bond acceptors (Lipinski definition) is 6. The van der Waals surface area contributed by atoms with Gasteiger partial charge in [0.1, 0.15) is 22.2 Å². The van der Waals surface area contributed by atoms with Gasteiger partial charge in [-0.3, -0.25) is 9.69 Å². The van der Waals surface area contributed by atoms with E-state index in [0.717, 1.165) is 55.5 Å². The van der Waals surface area contributed by atoms with Gasteiger partial charge in [0.2, 0.25) is 0 Å². The van der Waals surface area contributed by atoms with Crippen LogP contribution in [0, 0.1) is 0 Å². The van der Waals surface area contributed by atoms with Crippen LogP contribution in [-0.4, -0.2) is 29.4 Å². The monoisotopic (exact) mass is 492 g/mol. The molecular formula is C29H36N2O3S. The van der Waals surface area contributed by atoms with Gasteiger partial charge in [0.05, 0.1) is 20.3 Å². The number of unbranched alkanes of at least 4 members (excludes halogenated alkanes) is 4. The second-order valence-corrected chi connectivity index (χ2v) is 10.2. The molecule has 0 bridgehead atoms. The molecule has 0 fully saturated rings. The Kier molecular flexibility index (Phi) is 9.32. The van der Waals surface area contributed by atoms with Crippen molar-refractivity contribution in [2.24, 2.45) is 0 Å². The van der Waals surface area contributed by atoms with Crippen molar-refractivity contribution in [1.29, 1.82) is 0 Å². The van der Waals surface area contributed by atoms with E-state index in [-0.39, 0.29) is 5.78 Å². The van der Waals surface area contributed by atoms with Crippen LogP contribution in [0.15, 0.2) is 47.8 Å². The molecule has 0 atom stereocenters. The molecule has 35 heavy (non-hydrogen) atoms. The van der Waals surface area contributed by atoms with E-state index in [1.54, 1.807) is 18.4 Å². The average Bonchev–Trinajstić information content (AvgIpc) is 3.53. The number of benzene rings is 2. The molecule has 0 amide bonds. The molecule has 6 heteroatoms. The SMILES string of the molecule is CCCCCCCC(=O)c1csc(CN(Cc2ccc(OC)cc2)Cc2ccc3c(c2)OCC3)n1. The fourth-order valence-corrected chi connectivity index (χ4v) is 5.28. The maximum absolute atomic E-state index is 12.6. The first-order chi connectivity index (χ1) is 17.1. The lowest BCUT2D eigenvalue weighted by molar-refractivity contribution is 0.0974. The van der Waals surface area contributed by atoms with Gasteiger partial charge in [-0.05, 0) is 41.3 Å². The van der Waals surface area contributed by atoms with Gasteiger partial charge in [0.15, 0.2) is 5.78 Å². The lowest BCUT2D eigenvalue weighted by atomic mass is 10.1. The Morgan fingerprint density at radius 3 is 2.60 bits per heavy atom. The molecule has 3 aromatic rings. The number of nitrogens with zero attached hydrogens (tertiary/aromatic N) is 2. The van der Waals surface area contributed by atoms with E-state index in [4.69, 9.17) is 14.5 Å². The summed E-state index contributed by atoms with van der Waals surface area (Å²) >= 11 is 1.58. The minimum Gasteiger partial charge on any atom is -0.497 e. The molecule has 0 saturated heterocycles. The summed E-state index contributed by atoms with van der Waals surface area (Å²) < 4.78 is 11.1. The number of methoxy groups -OCH3 is 1. The van der Waals surface area contributed by atoms with Gasteiger partial charge in [-0.15, -0.1) is 11.3 Å². The molecule has 1 aliphatic rings. The molecule has 5 nitrogen and oxygen atoms in total. The summed E-state index contributed by atoms with van der Waals surface area (Å²) in [6.45, 7) is 5.23. The largest absolute Gasteiger partial charge is 0.497 e. The predicted octanol–water partition coefficient (Wildman–Crippen LogP) is 6.83. The van der Waals surface area contributed by atoms with Gasteiger partial charge in [0, 0.05) is 31.3 Å². The fraction of sp³-hybridized carbons (Fsp3) is 0.448. The molecule has 0 aliphatic carbocycles. The fourth-order valence-electron chi connectivity index (χ4n) is 4.44. The van der Waals surface area contributed by atoms with Gasteiger partial charge < -0.3 is 9.47 Å². The van der Waals surface area contributed by atoms with Gasteiger partial charge in [-0.2, -0.15) is 0 Å². The Bertz CT molecular complexity index is 1090. The van der Waals surface area contributed by atoms with Crippen molar-refractivity contribution in [2.45, 2.75) is 71.5 Å². The molecule has 1 aromatic heterocycles. The van der Waals surface area contributed by atoms with E-state index in [1.807, 2.05) is 17.5 Å². The van der Waals surface area contributed by atoms with Crippen LogP contribution in [0.3, 0.4) is 0 Å². The third-order valence-electron chi connectivity index (χ3n) is 6.44. The summed E-state index contributed by atoms with van der Waals surface area (Å²) in [7, 11) is 1.68. The number of carbonyl (C=O) groups excluding carboxylic acids is 1. The van der Waals surface area contributed by atoms with Crippen LogP contribution in [-0.2, 0) is 26.1 Å². The molecule has 0 N–H and O–H groups in total. The van der Waals surface area contributed by atoms with E-state index >= 15 is 0 Å². The molecule has 1 aliphatic heterocycles. The molecule has 0 spiro atoms. The van der Waals surface area contributed by atoms with Gasteiger partial charge in [-0.25, -0.2) is 4.98 Å². The first-order valence-corrected chi connectivity index (χ1v) is 13.6. The van der Waals surface area contributed by atoms with E-state index < -0.39 is 0 Å². The lowest BCUT2D eigenvalue weighted by Crippen LogP contribution is -2.22. The Labute approximate surface area is 213 Å². The zero-order valence-electron chi connectivity index (χ0n) is 20.9. The van der Waals surface area contributed by atoms with Crippen LogP contribution in [0.1, 0.15) is 77.6 Å². The van der Waals surface area contributed by atoms with Gasteiger partial charge in [0.25, 0.3) is 0 Å². The van der Waals surface area contributed by atoms with Crippen LogP contribution in [0.4, 0.5) is 0 Å². The minimum absolute atomic E-state index is 0.168. The predicted molar refractivity (Wildman–Crippen MR) is 141 cm³/mol. The summed E-state index contributed by atoms with van der Waals surface area (Å²) in [6.07, 6.45) is 7.33. The van der Waals surface area contributed by atoms with Gasteiger partial charge in [-0.1, -0.05) is 56.9 Å². The topological polar surface area (TPSA) is 51.7 Å². The number of ether oxygens (including phenoxy) is 2. The van der Waals surface area contributed by atoms with Gasteiger partial charge >= 0.3 is 0 Å². The highest BCUT2D eigenvalue weighted by atomic mass is 32.1. The van der Waals surface area contributed by atoms with Crippen molar-refractivity contribution in [3.63, 3.8) is 0 Å². The molecule has 0 saturated carbocycles. The highest BCUT2D eigenvalue weighted by Crippen LogP contribution is 2.27. The summed E-state index contributed by atoms with van der Waals surface area (Å²) in [6, 6.07) is 14.8. The maximum Gasteiger partial charge on any atom is 0.182 e. The standard InChI is InChI=1S/C29H36N2O3S/c1-3-4-5-6-7-8-27(32)26-21-35-29(30-26)20-31(18-22-10-13-25(33-2)14-11-22)19-23-9-12-24-15-16-34-28(24)17-23/h9-14,17,21H,3-8,15-16,18-20H2,1-2H3. The molecule has 4 rings (SSSR count). The Morgan fingerprint density at radius 1 is 1.03 bits per heavy atom. The Balaban J connectivity index is 1.42. The normalized spacial score (nSPS) is 12.5. The quantitative estimate of drug-likeness (QED) is 0.182. The Morgan fingerprint density at radius 2 is 1.80 bits per heavy atom. The first kappa shape index (κ1) is 25.4. The molecule has 0 unspecified atom stereocenters. The number of aromatic nitrogens is 1. The second kappa shape index (κ2) is 12.8. The number of rotatable bonds is 14. The van der Waals surface area contributed by atoms with Crippen molar-refractivity contribution in [3.05, 3.63) is 75.2 Å². The summed E-state index contributed by atoms with van der Waals surface area (Å²) in [5.41, 5.74) is 4.34. The third kappa shape index (κ3) is 7.39. The van der Waals surface area contributed by atoms with Crippen LogP contribution in [0.25, 0.3) is 0 Å². The van der Waals surface area contributed by atoms with Crippen molar-refractivity contribution < 1.29 is 14.3 Å². The van der Waals surface area contributed by atoms with Crippen LogP contribution >= 0.6 is 11.3 Å². The zero-order valence-corrected chi connectivity index (χ0v) is 21.7. The second-order valence-electron chi connectivity index (χ2n) is 9.25. The number of fused-ring (bicyclic) bond motifs is 1. The zero-order chi connectivity index (χ0) is 24.5. The van der Waals surface area contributed by atoms with E-state index in [1.165, 1.54) is 36.0 Å². The number of Topliss-reactive ketones (excluding diaryl/α,β-unsaturated/α-hetero) is 1. The highest BCUT2D eigenvalue weighted by Gasteiger charge is 2.17. The summed E-state index contributed by atoms with van der Waals surface area (Å²) in [5.74, 6) is 2.03. The van der Waals surface area contributed by atoms with E-state index in [2.05, 4.69) is 42.2 Å². The summed E-state index contributed by atoms with van der Waals surface area (Å²) in [5, 5.41) is 2.91. The third-order valence-corrected chi connectivity index (χ3v) is 7.27. The molecular weight excluding hydrogens is 456 g/mol. The number of hydrogen-bond donors (Lipinski definition) is 0. The van der Waals surface area contributed by atoms with E-state index in [9.17, 15) is 4.79 Å². The molecule has 186 valence electrons. The number of thiazole rings is 1.